The number of carbonyl (C=O) groups excluding carboxylic acids is 1. The van der Waals surface area contributed by atoms with Crippen LogP contribution in [-0.2, 0) is 4.79 Å². The molecule has 0 spiro atoms. The number of halogens is 2. The van der Waals surface area contributed by atoms with E-state index in [1.165, 1.54) is 6.07 Å². The molecule has 1 aromatic rings. The van der Waals surface area contributed by atoms with Crippen molar-refractivity contribution in [3.8, 4) is 0 Å². The van der Waals surface area contributed by atoms with Crippen LogP contribution in [0.2, 0.25) is 0 Å². The molecule has 0 saturated carbocycles. The van der Waals surface area contributed by atoms with Crippen LogP contribution in [0.25, 0.3) is 0 Å². The second kappa shape index (κ2) is 5.08. The van der Waals surface area contributed by atoms with Gasteiger partial charge in [0.2, 0.25) is 0 Å². The number of nitrogens with zero attached hydrogens (tertiary/aromatic N) is 1. The average Bonchev–Trinajstić information content (AvgIpc) is 2.34. The summed E-state index contributed by atoms with van der Waals surface area (Å²) >= 11 is 0. The third-order valence-electron chi connectivity index (χ3n) is 2.57. The molecule has 1 aliphatic rings. The maximum atomic E-state index is 13.3. The van der Waals surface area contributed by atoms with Gasteiger partial charge in [-0.2, -0.15) is 0 Å². The number of dihydropyridines is 1. The molecule has 1 atom stereocenters. The zero-order valence-corrected chi connectivity index (χ0v) is 9.78. The Labute approximate surface area is 103 Å². The molecule has 0 radical (unpaired) electrons. The van der Waals surface area contributed by atoms with Crippen LogP contribution in [-0.4, -0.2) is 18.2 Å². The molecule has 1 amide bonds. The number of anilines is 1. The van der Waals surface area contributed by atoms with Gasteiger partial charge in [0.1, 0.15) is 23.0 Å². The summed E-state index contributed by atoms with van der Waals surface area (Å²) in [5, 5.41) is 2.19. The Hall–Kier alpha value is -2.04. The summed E-state index contributed by atoms with van der Waals surface area (Å²) in [6.07, 6.45) is 3.39. The van der Waals surface area contributed by atoms with E-state index in [9.17, 15) is 13.6 Å². The highest BCUT2D eigenvalue weighted by atomic mass is 19.1. The summed E-state index contributed by atoms with van der Waals surface area (Å²) in [6, 6.07) is 3.40. The van der Waals surface area contributed by atoms with E-state index in [0.29, 0.717) is 6.54 Å². The molecule has 0 aliphatic carbocycles. The molecule has 1 heterocycles. The van der Waals surface area contributed by atoms with Crippen molar-refractivity contribution in [2.75, 3.05) is 11.9 Å². The molecule has 94 valence electrons. The van der Waals surface area contributed by atoms with Crippen molar-refractivity contribution in [1.29, 1.82) is 0 Å². The first-order valence-electron chi connectivity index (χ1n) is 5.56. The number of amides is 1. The summed E-state index contributed by atoms with van der Waals surface area (Å²) in [5.41, 5.74) is -0.270. The largest absolute Gasteiger partial charge is 0.316 e. The predicted octanol–water partition coefficient (Wildman–Crippen LogP) is 2.55. The molecule has 1 aromatic carbocycles. The standard InChI is InChI=1S/C13H12F2N2O/c1-8-5-6-11(16-7-8)13(18)17-12-9(14)3-2-4-10(12)15/h2-6,8H,7H2,1H3,(H,17,18). The smallest absolute Gasteiger partial charge is 0.273 e. The minimum Gasteiger partial charge on any atom is -0.316 e. The Morgan fingerprint density at radius 3 is 2.61 bits per heavy atom. The molecule has 1 N–H and O–H groups in total. The quantitative estimate of drug-likeness (QED) is 0.861. The molecule has 0 bridgehead atoms. The van der Waals surface area contributed by atoms with Crippen molar-refractivity contribution in [2.24, 2.45) is 10.9 Å². The Kier molecular flexibility index (Phi) is 3.50. The fourth-order valence-corrected chi connectivity index (χ4v) is 1.55. The van der Waals surface area contributed by atoms with Crippen molar-refractivity contribution in [2.45, 2.75) is 6.92 Å². The van der Waals surface area contributed by atoms with Gasteiger partial charge in [-0.3, -0.25) is 9.79 Å². The molecule has 5 heteroatoms. The van der Waals surface area contributed by atoms with E-state index in [1.54, 1.807) is 6.08 Å². The van der Waals surface area contributed by atoms with Crippen LogP contribution in [0.15, 0.2) is 35.3 Å². The van der Waals surface area contributed by atoms with E-state index >= 15 is 0 Å². The second-order valence-electron chi connectivity index (χ2n) is 4.11. The topological polar surface area (TPSA) is 41.5 Å². The molecule has 2 rings (SSSR count). The molecule has 1 unspecified atom stereocenters. The molecule has 1 aliphatic heterocycles. The number of rotatable bonds is 2. The number of aliphatic imine (C=N–C) groups is 1. The highest BCUT2D eigenvalue weighted by molar-refractivity contribution is 6.47. The third kappa shape index (κ3) is 2.61. The van der Waals surface area contributed by atoms with E-state index in [4.69, 9.17) is 0 Å². The highest BCUT2D eigenvalue weighted by Gasteiger charge is 2.16. The van der Waals surface area contributed by atoms with Crippen molar-refractivity contribution in [3.05, 3.63) is 42.0 Å². The van der Waals surface area contributed by atoms with Gasteiger partial charge in [-0.05, 0) is 24.1 Å². The predicted molar refractivity (Wildman–Crippen MR) is 65.6 cm³/mol. The average molecular weight is 250 g/mol. The van der Waals surface area contributed by atoms with E-state index in [2.05, 4.69) is 10.3 Å². The van der Waals surface area contributed by atoms with Crippen LogP contribution in [0.5, 0.6) is 0 Å². The zero-order chi connectivity index (χ0) is 13.1. The van der Waals surface area contributed by atoms with Crippen LogP contribution in [0.4, 0.5) is 14.5 Å². The summed E-state index contributed by atoms with van der Waals surface area (Å²) in [4.78, 5) is 15.8. The summed E-state index contributed by atoms with van der Waals surface area (Å²) in [5.74, 6) is -1.96. The number of carbonyl (C=O) groups is 1. The number of benzene rings is 1. The van der Waals surface area contributed by atoms with Crippen LogP contribution < -0.4 is 5.32 Å². The normalized spacial score (nSPS) is 18.4. The number of hydrogen-bond acceptors (Lipinski definition) is 2. The fraction of sp³-hybridized carbons (Fsp3) is 0.231. The lowest BCUT2D eigenvalue weighted by atomic mass is 10.1. The number of hydrogen-bond donors (Lipinski definition) is 1. The Balaban J connectivity index is 2.15. The summed E-state index contributed by atoms with van der Waals surface area (Å²) in [6.45, 7) is 2.46. The summed E-state index contributed by atoms with van der Waals surface area (Å²) < 4.78 is 26.7. The first kappa shape index (κ1) is 12.4. The highest BCUT2D eigenvalue weighted by Crippen LogP contribution is 2.18. The molecule has 18 heavy (non-hydrogen) atoms. The van der Waals surface area contributed by atoms with Gasteiger partial charge < -0.3 is 5.32 Å². The van der Waals surface area contributed by atoms with E-state index < -0.39 is 23.2 Å². The lowest BCUT2D eigenvalue weighted by molar-refractivity contribution is -0.110. The van der Waals surface area contributed by atoms with Crippen molar-refractivity contribution >= 4 is 17.3 Å². The van der Waals surface area contributed by atoms with Gasteiger partial charge in [0, 0.05) is 6.54 Å². The number of para-hydroxylation sites is 1. The molecule has 3 nitrogen and oxygen atoms in total. The Morgan fingerprint density at radius 2 is 2.06 bits per heavy atom. The van der Waals surface area contributed by atoms with Crippen molar-refractivity contribution < 1.29 is 13.6 Å². The van der Waals surface area contributed by atoms with Gasteiger partial charge in [-0.25, -0.2) is 8.78 Å². The van der Waals surface area contributed by atoms with Gasteiger partial charge in [0.15, 0.2) is 0 Å². The molecular weight excluding hydrogens is 238 g/mol. The van der Waals surface area contributed by atoms with Crippen molar-refractivity contribution in [1.82, 2.24) is 0 Å². The second-order valence-corrected chi connectivity index (χ2v) is 4.11. The first-order chi connectivity index (χ1) is 8.58. The molecule has 0 aromatic heterocycles. The van der Waals surface area contributed by atoms with Gasteiger partial charge in [0.25, 0.3) is 5.91 Å². The van der Waals surface area contributed by atoms with Crippen LogP contribution >= 0.6 is 0 Å². The molecule has 0 saturated heterocycles. The van der Waals surface area contributed by atoms with Crippen LogP contribution in [0.1, 0.15) is 6.92 Å². The maximum absolute atomic E-state index is 13.3. The maximum Gasteiger partial charge on any atom is 0.273 e. The third-order valence-corrected chi connectivity index (χ3v) is 2.57. The minimum absolute atomic E-state index is 0.177. The Bertz CT molecular complexity index is 518. The van der Waals surface area contributed by atoms with E-state index in [0.717, 1.165) is 12.1 Å². The van der Waals surface area contributed by atoms with E-state index in [-0.39, 0.29) is 11.6 Å². The monoisotopic (exact) mass is 250 g/mol. The minimum atomic E-state index is -0.808. The first-order valence-corrected chi connectivity index (χ1v) is 5.56. The van der Waals surface area contributed by atoms with Gasteiger partial charge >= 0.3 is 0 Å². The van der Waals surface area contributed by atoms with Crippen LogP contribution in [0.3, 0.4) is 0 Å². The number of nitrogens with one attached hydrogen (secondary N) is 1. The van der Waals surface area contributed by atoms with Gasteiger partial charge in [-0.15, -0.1) is 0 Å². The zero-order valence-electron chi connectivity index (χ0n) is 9.78. The molecular formula is C13H12F2N2O. The molecule has 0 fully saturated rings. The van der Waals surface area contributed by atoms with E-state index in [1.807, 2.05) is 13.0 Å². The summed E-state index contributed by atoms with van der Waals surface area (Å²) in [7, 11) is 0. The van der Waals surface area contributed by atoms with Gasteiger partial charge in [-0.1, -0.05) is 19.1 Å². The lowest BCUT2D eigenvalue weighted by Gasteiger charge is -2.12. The van der Waals surface area contributed by atoms with Crippen LogP contribution in [0, 0.1) is 17.6 Å². The lowest BCUT2D eigenvalue weighted by Crippen LogP contribution is -2.25. The van der Waals surface area contributed by atoms with Gasteiger partial charge in [0.05, 0.1) is 0 Å². The Morgan fingerprint density at radius 1 is 1.39 bits per heavy atom. The SMILES string of the molecule is CC1C=CC(C(=O)Nc2c(F)cccc2F)=NC1. The van der Waals surface area contributed by atoms with Crippen molar-refractivity contribution in [3.63, 3.8) is 0 Å². The fourth-order valence-electron chi connectivity index (χ4n) is 1.55.